The maximum Gasteiger partial charge on any atom is 0.501 e. The third kappa shape index (κ3) is 3.95. The van der Waals surface area contributed by atoms with Gasteiger partial charge in [-0.25, -0.2) is 13.2 Å². The lowest BCUT2D eigenvalue weighted by Gasteiger charge is -2.11. The molecule has 27 heavy (non-hydrogen) atoms. The van der Waals surface area contributed by atoms with Crippen LogP contribution in [0, 0.1) is 10.1 Å². The molecule has 8 nitrogen and oxygen atoms in total. The highest BCUT2D eigenvalue weighted by Crippen LogP contribution is 2.39. The van der Waals surface area contributed by atoms with Gasteiger partial charge in [-0.3, -0.25) is 10.1 Å². The van der Waals surface area contributed by atoms with Gasteiger partial charge in [0.1, 0.15) is 5.75 Å². The minimum Gasteiger partial charge on any atom is -0.478 e. The zero-order chi connectivity index (χ0) is 20.6. The quantitative estimate of drug-likeness (QED) is 0.566. The van der Waals surface area contributed by atoms with Crippen LogP contribution in [0.15, 0.2) is 41.3 Å². The van der Waals surface area contributed by atoms with Crippen molar-refractivity contribution < 1.29 is 41.2 Å². The van der Waals surface area contributed by atoms with E-state index in [1.54, 1.807) is 0 Å². The summed E-state index contributed by atoms with van der Waals surface area (Å²) >= 11 is 5.83. The maximum absolute atomic E-state index is 12.6. The van der Waals surface area contributed by atoms with Crippen molar-refractivity contribution in [2.45, 2.75) is 10.4 Å². The Labute approximate surface area is 153 Å². The Morgan fingerprint density at radius 3 is 2.33 bits per heavy atom. The van der Waals surface area contributed by atoms with Gasteiger partial charge in [0.25, 0.3) is 9.84 Å². The van der Waals surface area contributed by atoms with Crippen molar-refractivity contribution in [3.8, 4) is 11.5 Å². The predicted molar refractivity (Wildman–Crippen MR) is 84.8 cm³/mol. The third-order valence-corrected chi connectivity index (χ3v) is 5.03. The lowest BCUT2D eigenvalue weighted by Crippen LogP contribution is -2.23. The van der Waals surface area contributed by atoms with Crippen LogP contribution >= 0.6 is 11.6 Å². The van der Waals surface area contributed by atoms with Crippen LogP contribution in [0.3, 0.4) is 0 Å². The Kier molecular flexibility index (Phi) is 5.33. The van der Waals surface area contributed by atoms with Gasteiger partial charge in [-0.2, -0.15) is 13.2 Å². The Balaban J connectivity index is 2.56. The van der Waals surface area contributed by atoms with Gasteiger partial charge in [0.05, 0.1) is 20.4 Å². The average Bonchev–Trinajstić information content (AvgIpc) is 2.55. The highest BCUT2D eigenvalue weighted by Gasteiger charge is 2.47. The standard InChI is InChI=1S/C14H7ClF3NO7S/c15-12-8(13(20)21)2-1-3-11(12)26-10-5-4-7(6-9(10)19(22)23)27(24,25)14(16,17)18/h1-6H,(H,20,21). The number of hydrogen-bond donors (Lipinski definition) is 1. The molecule has 2 aromatic rings. The van der Waals surface area contributed by atoms with E-state index in [9.17, 15) is 36.5 Å². The Hall–Kier alpha value is -2.86. The third-order valence-electron chi connectivity index (χ3n) is 3.16. The highest BCUT2D eigenvalue weighted by molar-refractivity contribution is 7.92. The van der Waals surface area contributed by atoms with Crippen LogP contribution in [-0.4, -0.2) is 29.9 Å². The number of nitrogens with zero attached hydrogens (tertiary/aromatic N) is 1. The molecule has 0 saturated heterocycles. The van der Waals surface area contributed by atoms with E-state index in [1.807, 2.05) is 0 Å². The smallest absolute Gasteiger partial charge is 0.478 e. The molecule has 0 aliphatic carbocycles. The zero-order valence-electron chi connectivity index (χ0n) is 12.7. The van der Waals surface area contributed by atoms with Gasteiger partial charge < -0.3 is 9.84 Å². The number of carbonyl (C=O) groups is 1. The number of hydrogen-bond acceptors (Lipinski definition) is 6. The number of rotatable bonds is 5. The highest BCUT2D eigenvalue weighted by atomic mass is 35.5. The number of nitro benzene ring substituents is 1. The monoisotopic (exact) mass is 425 g/mol. The first-order valence-electron chi connectivity index (χ1n) is 6.65. The van der Waals surface area contributed by atoms with E-state index >= 15 is 0 Å². The van der Waals surface area contributed by atoms with Crippen molar-refractivity contribution in [3.05, 3.63) is 57.1 Å². The van der Waals surface area contributed by atoms with Crippen LogP contribution in [0.4, 0.5) is 18.9 Å². The molecular formula is C14H7ClF3NO7S. The molecule has 0 aliphatic heterocycles. The van der Waals surface area contributed by atoms with E-state index < -0.39 is 47.6 Å². The summed E-state index contributed by atoms with van der Waals surface area (Å²) in [5.41, 5.74) is -7.12. The first-order valence-corrected chi connectivity index (χ1v) is 8.52. The number of halogens is 4. The first kappa shape index (κ1) is 20.5. The summed E-state index contributed by atoms with van der Waals surface area (Å²) in [6.45, 7) is 0. The predicted octanol–water partition coefficient (Wildman–Crippen LogP) is 4.03. The van der Waals surface area contributed by atoms with Crippen LogP contribution in [0.1, 0.15) is 10.4 Å². The second kappa shape index (κ2) is 7.04. The Bertz CT molecular complexity index is 1040. The topological polar surface area (TPSA) is 124 Å². The minimum atomic E-state index is -5.81. The van der Waals surface area contributed by atoms with E-state index in [-0.39, 0.29) is 17.4 Å². The Morgan fingerprint density at radius 1 is 1.19 bits per heavy atom. The van der Waals surface area contributed by atoms with Crippen LogP contribution < -0.4 is 4.74 Å². The second-order valence-corrected chi connectivity index (χ2v) is 7.18. The zero-order valence-corrected chi connectivity index (χ0v) is 14.3. The molecule has 0 unspecified atom stereocenters. The molecule has 2 rings (SSSR count). The number of nitro groups is 1. The fourth-order valence-corrected chi connectivity index (χ4v) is 2.93. The molecule has 0 saturated carbocycles. The summed E-state index contributed by atoms with van der Waals surface area (Å²) < 4.78 is 65.8. The van der Waals surface area contributed by atoms with E-state index in [2.05, 4.69) is 0 Å². The molecule has 0 aliphatic rings. The van der Waals surface area contributed by atoms with Gasteiger partial charge in [0.2, 0.25) is 5.75 Å². The molecule has 0 spiro atoms. The molecule has 13 heteroatoms. The van der Waals surface area contributed by atoms with Crippen molar-refractivity contribution in [1.29, 1.82) is 0 Å². The van der Waals surface area contributed by atoms with Gasteiger partial charge in [-0.15, -0.1) is 0 Å². The van der Waals surface area contributed by atoms with Crippen molar-refractivity contribution >= 4 is 33.1 Å². The van der Waals surface area contributed by atoms with Gasteiger partial charge in [-0.1, -0.05) is 17.7 Å². The largest absolute Gasteiger partial charge is 0.501 e. The first-order chi connectivity index (χ1) is 12.4. The van der Waals surface area contributed by atoms with Gasteiger partial charge in [0.15, 0.2) is 0 Å². The van der Waals surface area contributed by atoms with Gasteiger partial charge >= 0.3 is 17.2 Å². The second-order valence-electron chi connectivity index (χ2n) is 4.86. The summed E-state index contributed by atoms with van der Waals surface area (Å²) in [7, 11) is -5.81. The molecule has 0 fully saturated rings. The maximum atomic E-state index is 12.6. The number of aromatic carboxylic acids is 1. The SMILES string of the molecule is O=C(O)c1cccc(Oc2ccc(S(=O)(=O)C(F)(F)F)cc2[N+](=O)[O-])c1Cl. The molecular weight excluding hydrogens is 419 g/mol. The van der Waals surface area contributed by atoms with E-state index in [4.69, 9.17) is 21.4 Å². The summed E-state index contributed by atoms with van der Waals surface area (Å²) in [5.74, 6) is -2.37. The van der Waals surface area contributed by atoms with Crippen LogP contribution in [0.2, 0.25) is 5.02 Å². The molecule has 0 aromatic heterocycles. The van der Waals surface area contributed by atoms with Gasteiger partial charge in [0, 0.05) is 6.07 Å². The fourth-order valence-electron chi connectivity index (χ4n) is 1.90. The number of alkyl halides is 3. The van der Waals surface area contributed by atoms with E-state index in [0.29, 0.717) is 12.1 Å². The molecule has 0 atom stereocenters. The molecule has 0 amide bonds. The van der Waals surface area contributed by atoms with E-state index in [0.717, 1.165) is 6.07 Å². The van der Waals surface area contributed by atoms with Crippen molar-refractivity contribution in [1.82, 2.24) is 0 Å². The lowest BCUT2D eigenvalue weighted by molar-refractivity contribution is -0.385. The fraction of sp³-hybridized carbons (Fsp3) is 0.0714. The normalized spacial score (nSPS) is 11.9. The number of carboxylic acids is 1. The summed E-state index contributed by atoms with van der Waals surface area (Å²) in [6, 6.07) is 4.82. The summed E-state index contributed by atoms with van der Waals surface area (Å²) in [4.78, 5) is 19.7. The van der Waals surface area contributed by atoms with Crippen LogP contribution in [0.5, 0.6) is 11.5 Å². The van der Waals surface area contributed by atoms with Crippen molar-refractivity contribution in [2.75, 3.05) is 0 Å². The van der Waals surface area contributed by atoms with Crippen LogP contribution in [-0.2, 0) is 9.84 Å². The molecule has 0 heterocycles. The lowest BCUT2D eigenvalue weighted by atomic mass is 10.2. The number of benzene rings is 2. The number of ether oxygens (including phenoxy) is 1. The van der Waals surface area contributed by atoms with Crippen molar-refractivity contribution in [2.24, 2.45) is 0 Å². The molecule has 1 N–H and O–H groups in total. The minimum absolute atomic E-state index is 0.188. The Morgan fingerprint density at radius 2 is 1.81 bits per heavy atom. The average molecular weight is 426 g/mol. The number of carboxylic acid groups (broad SMARTS) is 1. The molecule has 2 aromatic carbocycles. The van der Waals surface area contributed by atoms with Gasteiger partial charge in [-0.05, 0) is 24.3 Å². The van der Waals surface area contributed by atoms with E-state index in [1.165, 1.54) is 12.1 Å². The molecule has 0 bridgehead atoms. The molecule has 144 valence electrons. The summed E-state index contributed by atoms with van der Waals surface area (Å²) in [5, 5.41) is 19.7. The van der Waals surface area contributed by atoms with Crippen molar-refractivity contribution in [3.63, 3.8) is 0 Å². The van der Waals surface area contributed by atoms with Crippen LogP contribution in [0.25, 0.3) is 0 Å². The molecule has 0 radical (unpaired) electrons. The summed E-state index contributed by atoms with van der Waals surface area (Å²) in [6.07, 6.45) is 0. The number of sulfone groups is 1.